The number of aromatic nitrogens is 1. The molecule has 1 aliphatic heterocycles. The van der Waals surface area contributed by atoms with E-state index in [0.717, 1.165) is 6.07 Å². The molecule has 0 bridgehead atoms. The second-order valence-corrected chi connectivity index (χ2v) is 9.32. The van der Waals surface area contributed by atoms with E-state index in [9.17, 15) is 19.5 Å². The Labute approximate surface area is 234 Å². The molecule has 1 saturated heterocycles. The van der Waals surface area contributed by atoms with Crippen LogP contribution in [-0.2, 0) is 6.54 Å². The van der Waals surface area contributed by atoms with Gasteiger partial charge in [-0.15, -0.1) is 0 Å². The van der Waals surface area contributed by atoms with Gasteiger partial charge in [0.15, 0.2) is 16.6 Å². The number of anilines is 1. The maximum absolute atomic E-state index is 15.2. The first-order chi connectivity index (χ1) is 19.1. The van der Waals surface area contributed by atoms with Crippen molar-refractivity contribution in [3.05, 3.63) is 57.6 Å². The molecule has 0 saturated carbocycles. The summed E-state index contributed by atoms with van der Waals surface area (Å²) in [6, 6.07) is 5.71. The van der Waals surface area contributed by atoms with E-state index in [2.05, 4.69) is 5.32 Å². The van der Waals surface area contributed by atoms with Crippen LogP contribution in [0.2, 0.25) is 0 Å². The van der Waals surface area contributed by atoms with Gasteiger partial charge in [-0.25, -0.2) is 9.18 Å². The number of aryl methyl sites for hydroxylation is 1. The van der Waals surface area contributed by atoms with E-state index in [-0.39, 0.29) is 16.1 Å². The number of carbonyl (C=O) groups excluding carboxylic acids is 1. The van der Waals surface area contributed by atoms with E-state index in [1.807, 2.05) is 16.7 Å². The van der Waals surface area contributed by atoms with Gasteiger partial charge in [0.1, 0.15) is 11.4 Å². The van der Waals surface area contributed by atoms with Crippen LogP contribution >= 0.6 is 12.2 Å². The smallest absolute Gasteiger partial charge is 0.341 e. The number of carboxylic acids is 1. The summed E-state index contributed by atoms with van der Waals surface area (Å²) in [4.78, 5) is 40.7. The summed E-state index contributed by atoms with van der Waals surface area (Å²) in [5, 5.41) is 12.3. The zero-order chi connectivity index (χ0) is 29.1. The average Bonchev–Trinajstić information content (AvgIpc) is 2.96. The van der Waals surface area contributed by atoms with Gasteiger partial charge in [-0.3, -0.25) is 14.9 Å². The maximum atomic E-state index is 15.2. The number of thiocarbonyl (C=S) groups is 1. The quantitative estimate of drug-likeness (QED) is 0.409. The number of methoxy groups -OCH3 is 3. The molecule has 0 spiro atoms. The lowest BCUT2D eigenvalue weighted by Crippen LogP contribution is -2.52. The van der Waals surface area contributed by atoms with Crippen LogP contribution in [0.3, 0.4) is 0 Å². The molecule has 0 radical (unpaired) electrons. The number of halogens is 1. The summed E-state index contributed by atoms with van der Waals surface area (Å²) in [7, 11) is 4.38. The topological polar surface area (TPSA) is 123 Å². The van der Waals surface area contributed by atoms with Gasteiger partial charge < -0.3 is 33.7 Å². The molecule has 212 valence electrons. The third-order valence-electron chi connectivity index (χ3n) is 6.77. The number of rotatable bonds is 7. The fourth-order valence-corrected chi connectivity index (χ4v) is 4.94. The van der Waals surface area contributed by atoms with E-state index in [0.29, 0.717) is 61.2 Å². The molecule has 0 aliphatic carbocycles. The molecule has 40 heavy (non-hydrogen) atoms. The Balaban J connectivity index is 1.49. The summed E-state index contributed by atoms with van der Waals surface area (Å²) >= 11 is 5.47. The number of nitrogens with zero attached hydrogens (tertiary/aromatic N) is 3. The third-order valence-corrected chi connectivity index (χ3v) is 7.14. The average molecular weight is 573 g/mol. The normalized spacial score (nSPS) is 13.2. The molecule has 2 heterocycles. The molecule has 1 aromatic heterocycles. The molecular formula is C27H29FN4O7S. The molecule has 2 aromatic carbocycles. The highest BCUT2D eigenvalue weighted by molar-refractivity contribution is 7.80. The van der Waals surface area contributed by atoms with Gasteiger partial charge in [-0.05, 0) is 43.4 Å². The van der Waals surface area contributed by atoms with Crippen LogP contribution in [0, 0.1) is 5.82 Å². The fourth-order valence-electron chi connectivity index (χ4n) is 4.67. The standard InChI is InChI=1S/C27H29FN4O7S/c1-5-30-14-17(26(35)36)23(33)16-12-18(28)20(13-19(16)30)31-6-8-32(9-7-31)27(40)29-25(34)15-10-21(37-2)24(39-4)22(11-15)38-3/h10-14H,5-9H2,1-4H3,(H,35,36)(H,29,34,40). The Bertz CT molecular complexity index is 1530. The van der Waals surface area contributed by atoms with Crippen LogP contribution in [0.25, 0.3) is 10.9 Å². The molecule has 2 N–H and O–H groups in total. The number of piperazine rings is 1. The number of pyridine rings is 1. The highest BCUT2D eigenvalue weighted by atomic mass is 32.1. The number of hydrogen-bond donors (Lipinski definition) is 2. The lowest BCUT2D eigenvalue weighted by atomic mass is 10.1. The van der Waals surface area contributed by atoms with Crippen molar-refractivity contribution in [3.63, 3.8) is 0 Å². The SMILES string of the molecule is CCn1cc(C(=O)O)c(=O)c2cc(F)c(N3CCN(C(=S)NC(=O)c4cc(OC)c(OC)c(OC)c4)CC3)cc21. The fraction of sp³-hybridized carbons (Fsp3) is 0.333. The number of ether oxygens (including phenoxy) is 3. The lowest BCUT2D eigenvalue weighted by Gasteiger charge is -2.37. The van der Waals surface area contributed by atoms with Crippen molar-refractivity contribution in [2.45, 2.75) is 13.5 Å². The van der Waals surface area contributed by atoms with Gasteiger partial charge in [0.25, 0.3) is 5.91 Å². The molecule has 13 heteroatoms. The molecular weight excluding hydrogens is 543 g/mol. The first-order valence-electron chi connectivity index (χ1n) is 12.4. The second kappa shape index (κ2) is 11.8. The zero-order valence-electron chi connectivity index (χ0n) is 22.4. The minimum Gasteiger partial charge on any atom is -0.493 e. The molecule has 1 amide bonds. The highest BCUT2D eigenvalue weighted by Crippen LogP contribution is 2.38. The van der Waals surface area contributed by atoms with E-state index in [1.165, 1.54) is 39.7 Å². The monoisotopic (exact) mass is 572 g/mol. The predicted molar refractivity (Wildman–Crippen MR) is 151 cm³/mol. The van der Waals surface area contributed by atoms with Crippen molar-refractivity contribution >= 4 is 45.8 Å². The molecule has 3 aromatic rings. The Morgan fingerprint density at radius 3 is 2.17 bits per heavy atom. The Hall–Kier alpha value is -4.39. The Morgan fingerprint density at radius 1 is 1.02 bits per heavy atom. The van der Waals surface area contributed by atoms with Gasteiger partial charge in [0.2, 0.25) is 11.2 Å². The van der Waals surface area contributed by atoms with Crippen LogP contribution in [0.1, 0.15) is 27.6 Å². The van der Waals surface area contributed by atoms with E-state index < -0.39 is 28.7 Å². The van der Waals surface area contributed by atoms with Crippen LogP contribution in [0.15, 0.2) is 35.3 Å². The number of carboxylic acid groups (broad SMARTS) is 1. The van der Waals surface area contributed by atoms with Gasteiger partial charge in [-0.1, -0.05) is 0 Å². The number of fused-ring (bicyclic) bond motifs is 1. The molecule has 1 fully saturated rings. The largest absolute Gasteiger partial charge is 0.493 e. The third kappa shape index (κ3) is 5.37. The molecule has 0 unspecified atom stereocenters. The molecule has 1 aliphatic rings. The Kier molecular flexibility index (Phi) is 8.43. The number of carbonyl (C=O) groups is 2. The van der Waals surface area contributed by atoms with E-state index in [4.69, 9.17) is 26.4 Å². The minimum atomic E-state index is -1.36. The van der Waals surface area contributed by atoms with Crippen molar-refractivity contribution in [2.75, 3.05) is 52.4 Å². The van der Waals surface area contributed by atoms with Gasteiger partial charge >= 0.3 is 5.97 Å². The number of hydrogen-bond acceptors (Lipinski definition) is 8. The number of amides is 1. The van der Waals surface area contributed by atoms with Crippen LogP contribution < -0.4 is 29.9 Å². The van der Waals surface area contributed by atoms with Crippen LogP contribution in [-0.4, -0.2) is 79.1 Å². The van der Waals surface area contributed by atoms with Crippen molar-refractivity contribution in [3.8, 4) is 17.2 Å². The Morgan fingerprint density at radius 2 is 1.65 bits per heavy atom. The number of nitrogens with one attached hydrogen (secondary N) is 1. The molecule has 4 rings (SSSR count). The summed E-state index contributed by atoms with van der Waals surface area (Å²) in [5.41, 5.74) is -0.122. The van der Waals surface area contributed by atoms with E-state index in [1.54, 1.807) is 10.6 Å². The maximum Gasteiger partial charge on any atom is 0.341 e. The van der Waals surface area contributed by atoms with Gasteiger partial charge in [-0.2, -0.15) is 0 Å². The van der Waals surface area contributed by atoms with Crippen molar-refractivity contribution in [2.24, 2.45) is 0 Å². The van der Waals surface area contributed by atoms with Gasteiger partial charge in [0.05, 0.1) is 32.5 Å². The summed E-state index contributed by atoms with van der Waals surface area (Å²) < 4.78 is 32.7. The first kappa shape index (κ1) is 28.6. The predicted octanol–water partition coefficient (Wildman–Crippen LogP) is 2.72. The summed E-state index contributed by atoms with van der Waals surface area (Å²) in [5.74, 6) is -1.41. The molecule has 0 atom stereocenters. The van der Waals surface area contributed by atoms with E-state index >= 15 is 4.39 Å². The van der Waals surface area contributed by atoms with Crippen molar-refractivity contribution in [1.29, 1.82) is 0 Å². The zero-order valence-corrected chi connectivity index (χ0v) is 23.3. The van der Waals surface area contributed by atoms with Crippen LogP contribution in [0.5, 0.6) is 17.2 Å². The minimum absolute atomic E-state index is 0.0114. The first-order valence-corrected chi connectivity index (χ1v) is 12.8. The molecule has 11 nitrogen and oxygen atoms in total. The lowest BCUT2D eigenvalue weighted by molar-refractivity contribution is 0.0694. The van der Waals surface area contributed by atoms with Crippen molar-refractivity contribution in [1.82, 2.24) is 14.8 Å². The number of benzene rings is 2. The summed E-state index contributed by atoms with van der Waals surface area (Å²) in [6.07, 6.45) is 1.28. The van der Waals surface area contributed by atoms with Gasteiger partial charge in [0, 0.05) is 49.9 Å². The highest BCUT2D eigenvalue weighted by Gasteiger charge is 2.25. The summed E-state index contributed by atoms with van der Waals surface area (Å²) in [6.45, 7) is 3.81. The van der Waals surface area contributed by atoms with Crippen LogP contribution in [0.4, 0.5) is 10.1 Å². The van der Waals surface area contributed by atoms with Crippen molar-refractivity contribution < 1.29 is 33.3 Å². The second-order valence-electron chi connectivity index (χ2n) is 8.93. The number of aromatic carboxylic acids is 1.